The Morgan fingerprint density at radius 2 is 1.22 bits per heavy atom. The van der Waals surface area contributed by atoms with Crippen LogP contribution in [-0.4, -0.2) is 3.81 Å². The fourth-order valence-electron chi connectivity index (χ4n) is 1.45. The molecule has 0 spiro atoms. The zero-order valence-electron chi connectivity index (χ0n) is 12.5. The average Bonchev–Trinajstić information content (AvgIpc) is 2.89. The molecule has 0 aliphatic heterocycles. The molecule has 2 aromatic rings. The fourth-order valence-corrected chi connectivity index (χ4v) is 1.45. The molecule has 0 unspecified atom stereocenters. The summed E-state index contributed by atoms with van der Waals surface area (Å²) in [6.45, 7) is 12.8. The first-order valence-corrected chi connectivity index (χ1v) is 7.02. The van der Waals surface area contributed by atoms with Gasteiger partial charge in [-0.3, -0.25) is 0 Å². The molecule has 0 aliphatic carbocycles. The van der Waals surface area contributed by atoms with Crippen LogP contribution in [0.25, 0.3) is 0 Å². The summed E-state index contributed by atoms with van der Waals surface area (Å²) in [6, 6.07) is 12.2. The fraction of sp³-hybridized carbons (Fsp3) is 0.353. The van der Waals surface area contributed by atoms with Crippen LogP contribution in [0.2, 0.25) is 0 Å². The molecule has 0 nitrogen and oxygen atoms in total. The third kappa shape index (κ3) is 7.58. The molecular weight excluding hydrogens is 252 g/mol. The molecule has 2 aromatic carbocycles. The van der Waals surface area contributed by atoms with Crippen molar-refractivity contribution in [3.8, 4) is 0 Å². The number of aryl methyl sites for hydroxylation is 2. The van der Waals surface area contributed by atoms with Crippen molar-refractivity contribution in [2.45, 2.75) is 41.5 Å². The van der Waals surface area contributed by atoms with E-state index in [0.29, 0.717) is 0 Å². The number of hydrogen-bond donors (Lipinski definition) is 0. The summed E-state index contributed by atoms with van der Waals surface area (Å²) in [6.07, 6.45) is 0. The monoisotopic (exact) mass is 276 g/mol. The van der Waals surface area contributed by atoms with Gasteiger partial charge in [-0.1, -0.05) is 27.7 Å². The van der Waals surface area contributed by atoms with Crippen LogP contribution in [0, 0.1) is 27.7 Å². The van der Waals surface area contributed by atoms with Gasteiger partial charge in [0.15, 0.2) is 0 Å². The van der Waals surface area contributed by atoms with Gasteiger partial charge in [-0.2, -0.15) is 46.5 Å². The molecule has 0 saturated carbocycles. The van der Waals surface area contributed by atoms with E-state index in [1.54, 1.807) is 0 Å². The van der Waals surface area contributed by atoms with Crippen molar-refractivity contribution in [2.24, 2.45) is 0 Å². The summed E-state index contributed by atoms with van der Waals surface area (Å²) in [7, 11) is 0. The number of rotatable bonds is 0. The maximum absolute atomic E-state index is 2.24. The van der Waals surface area contributed by atoms with E-state index < -0.39 is 0 Å². The summed E-state index contributed by atoms with van der Waals surface area (Å²) >= 11 is 2.08. The second kappa shape index (κ2) is 9.25. The third-order valence-electron chi connectivity index (χ3n) is 2.73. The zero-order valence-corrected chi connectivity index (χ0v) is 14.0. The van der Waals surface area contributed by atoms with Crippen molar-refractivity contribution in [3.63, 3.8) is 0 Å². The van der Waals surface area contributed by atoms with Gasteiger partial charge < -0.3 is 0 Å². The third-order valence-corrected chi connectivity index (χ3v) is 2.73. The summed E-state index contributed by atoms with van der Waals surface area (Å²) in [5, 5.41) is 0. The van der Waals surface area contributed by atoms with Crippen LogP contribution in [0.5, 0.6) is 0 Å². The molecule has 0 saturated heterocycles. The smallest absolute Gasteiger partial charge is 0.0632 e. The predicted octanol–water partition coefficient (Wildman–Crippen LogP) is 4.79. The maximum atomic E-state index is 2.24. The van der Waals surface area contributed by atoms with E-state index in [4.69, 9.17) is 0 Å². The summed E-state index contributed by atoms with van der Waals surface area (Å²) in [4.78, 5) is 0. The second-order valence-corrected chi connectivity index (χ2v) is 6.28. The molecule has 0 fully saturated rings. The largest absolute Gasteiger partial charge is 0.214 e. The van der Waals surface area contributed by atoms with Crippen LogP contribution < -0.4 is 0 Å². The SMILES string of the molecule is C[C](C)=[Ti+2].Cc1[cH-]c(C)c(C)c1C.c1cc[cH-]c1. The first-order valence-electron chi connectivity index (χ1n) is 6.24. The molecule has 0 heterocycles. The predicted molar refractivity (Wildman–Crippen MR) is 79.4 cm³/mol. The normalized spacial score (nSPS) is 8.89. The Labute approximate surface area is 124 Å². The zero-order chi connectivity index (χ0) is 14.1. The summed E-state index contributed by atoms with van der Waals surface area (Å²) < 4.78 is 1.42. The first-order chi connectivity index (χ1) is 8.36. The molecule has 0 radical (unpaired) electrons. The molecule has 0 amide bonds. The van der Waals surface area contributed by atoms with Gasteiger partial charge in [-0.05, 0) is 0 Å². The van der Waals surface area contributed by atoms with Crippen molar-refractivity contribution < 1.29 is 20.0 Å². The van der Waals surface area contributed by atoms with Gasteiger partial charge >= 0.3 is 37.6 Å². The Bertz CT molecular complexity index is 400. The van der Waals surface area contributed by atoms with Gasteiger partial charge in [-0.25, -0.2) is 12.1 Å². The molecule has 1 heteroatoms. The van der Waals surface area contributed by atoms with E-state index in [0.717, 1.165) is 0 Å². The van der Waals surface area contributed by atoms with Crippen LogP contribution in [-0.2, 0) is 20.0 Å². The van der Waals surface area contributed by atoms with Gasteiger partial charge in [0.2, 0.25) is 0 Å². The minimum atomic E-state index is 1.42. The Morgan fingerprint density at radius 1 is 0.889 bits per heavy atom. The Kier molecular flexibility index (Phi) is 8.88. The van der Waals surface area contributed by atoms with Crippen molar-refractivity contribution >= 4 is 3.81 Å². The van der Waals surface area contributed by atoms with Gasteiger partial charge in [0.25, 0.3) is 0 Å². The van der Waals surface area contributed by atoms with Gasteiger partial charge in [0.1, 0.15) is 0 Å². The van der Waals surface area contributed by atoms with Crippen LogP contribution in [0.3, 0.4) is 0 Å². The molecule has 0 atom stereocenters. The molecule has 0 aliphatic rings. The first kappa shape index (κ1) is 17.3. The van der Waals surface area contributed by atoms with E-state index in [1.807, 2.05) is 30.3 Å². The van der Waals surface area contributed by atoms with E-state index in [-0.39, 0.29) is 0 Å². The average molecular weight is 276 g/mol. The Hall–Kier alpha value is -0.716. The van der Waals surface area contributed by atoms with Crippen molar-refractivity contribution in [3.05, 3.63) is 58.7 Å². The number of hydrogen-bond acceptors (Lipinski definition) is 0. The minimum Gasteiger partial charge on any atom is -0.214 e. The van der Waals surface area contributed by atoms with Crippen molar-refractivity contribution in [2.75, 3.05) is 0 Å². The Morgan fingerprint density at radius 3 is 1.33 bits per heavy atom. The quantitative estimate of drug-likeness (QED) is 0.479. The second-order valence-electron chi connectivity index (χ2n) is 4.72. The molecular formula is C17H24Ti. The Balaban J connectivity index is 0.000000272. The molecule has 0 aromatic heterocycles. The van der Waals surface area contributed by atoms with Crippen LogP contribution in [0.15, 0.2) is 36.4 Å². The van der Waals surface area contributed by atoms with E-state index in [2.05, 4.69) is 67.6 Å². The molecule has 0 bridgehead atoms. The van der Waals surface area contributed by atoms with E-state index in [1.165, 1.54) is 26.1 Å². The summed E-state index contributed by atoms with van der Waals surface area (Å²) in [5.74, 6) is 0. The molecule has 96 valence electrons. The molecule has 0 N–H and O–H groups in total. The van der Waals surface area contributed by atoms with E-state index >= 15 is 0 Å². The van der Waals surface area contributed by atoms with Crippen LogP contribution in [0.4, 0.5) is 0 Å². The van der Waals surface area contributed by atoms with Crippen molar-refractivity contribution in [1.29, 1.82) is 0 Å². The topological polar surface area (TPSA) is 0 Å². The molecule has 2 rings (SSSR count). The standard InChI is InChI=1S/C9H13.C5H5.C3H6.Ti/c1-6-5-7(2)9(4)8(6)3;1-2-4-5-3-1;1-3-2;/h5H,1-4H3;1-5H;1-2H3;/q2*-1;;+2. The maximum Gasteiger partial charge on any atom is -0.0632 e. The summed E-state index contributed by atoms with van der Waals surface area (Å²) in [5.41, 5.74) is 5.75. The van der Waals surface area contributed by atoms with Gasteiger partial charge in [0.05, 0.1) is 0 Å². The minimum absolute atomic E-state index is 1.42. The molecule has 18 heavy (non-hydrogen) atoms. The van der Waals surface area contributed by atoms with Gasteiger partial charge in [-0.15, -0.1) is 0 Å². The van der Waals surface area contributed by atoms with Crippen molar-refractivity contribution in [1.82, 2.24) is 0 Å². The van der Waals surface area contributed by atoms with Gasteiger partial charge in [0, 0.05) is 0 Å². The van der Waals surface area contributed by atoms with E-state index in [9.17, 15) is 0 Å². The van der Waals surface area contributed by atoms with Crippen LogP contribution in [0.1, 0.15) is 36.1 Å². The van der Waals surface area contributed by atoms with Crippen LogP contribution >= 0.6 is 0 Å².